The fourth-order valence-electron chi connectivity index (χ4n) is 2.87. The van der Waals surface area contributed by atoms with Crippen LogP contribution < -0.4 is 38.4 Å². The Morgan fingerprint density at radius 1 is 0.879 bits per heavy atom. The third kappa shape index (κ3) is 9.54. The summed E-state index contributed by atoms with van der Waals surface area (Å²) >= 11 is 6.37. The van der Waals surface area contributed by atoms with Gasteiger partial charge >= 0.3 is 18.9 Å². The first-order chi connectivity index (χ1) is 15.1. The van der Waals surface area contributed by atoms with Gasteiger partial charge in [0, 0.05) is 17.7 Å². The summed E-state index contributed by atoms with van der Waals surface area (Å²) in [6.45, 7) is 16.1. The van der Waals surface area contributed by atoms with Gasteiger partial charge in [-0.05, 0) is 44.9 Å². The van der Waals surface area contributed by atoms with Crippen molar-refractivity contribution in [1.82, 2.24) is 0 Å². The molecule has 0 saturated carbocycles. The first-order valence-electron chi connectivity index (χ1n) is 11.2. The average molecular weight is 486 g/mol. The molecular formula is C26H36ClLiO4P+. The molecule has 0 N–H and O–H groups in total. The van der Waals surface area contributed by atoms with Gasteiger partial charge in [0.15, 0.2) is 5.52 Å². The van der Waals surface area contributed by atoms with E-state index in [2.05, 4.69) is 41.5 Å². The molecule has 0 amide bonds. The molecule has 0 aromatic heterocycles. The second-order valence-corrected chi connectivity index (χ2v) is 10.9. The molecule has 33 heavy (non-hydrogen) atoms. The molecule has 176 valence electrons. The van der Waals surface area contributed by atoms with Crippen molar-refractivity contribution in [3.8, 4) is 17.2 Å². The van der Waals surface area contributed by atoms with Gasteiger partial charge in [-0.2, -0.15) is 0 Å². The van der Waals surface area contributed by atoms with Crippen LogP contribution >= 0.6 is 20.2 Å². The standard InChI is InChI=1S/C26H36ClO4P.Li/c1-16(2)13-29-20-11-22(30-14-17(3)4)25(23(12-20)31-15-18(5)6)32-26(28)24-19(7)9-8-10-21(24)27;/h8-12,16-18,32H,13-15H2,1-7H3;/q;+1. The van der Waals surface area contributed by atoms with Crippen LogP contribution in [0.15, 0.2) is 30.3 Å². The van der Waals surface area contributed by atoms with Crippen molar-refractivity contribution in [2.24, 2.45) is 17.8 Å². The van der Waals surface area contributed by atoms with Crippen molar-refractivity contribution in [3.63, 3.8) is 0 Å². The van der Waals surface area contributed by atoms with Crippen molar-refractivity contribution in [2.75, 3.05) is 19.8 Å². The maximum absolute atomic E-state index is 13.3. The Kier molecular flexibility index (Phi) is 12.9. The minimum atomic E-state index is -0.182. The zero-order valence-corrected chi connectivity index (χ0v) is 23.0. The summed E-state index contributed by atoms with van der Waals surface area (Å²) in [4.78, 5) is 13.3. The summed E-state index contributed by atoms with van der Waals surface area (Å²) in [5.41, 5.74) is 1.38. The molecule has 0 spiro atoms. The number of carbonyl (C=O) groups excluding carboxylic acids is 1. The Morgan fingerprint density at radius 2 is 1.36 bits per heavy atom. The van der Waals surface area contributed by atoms with E-state index in [-0.39, 0.29) is 33.0 Å². The second-order valence-electron chi connectivity index (χ2n) is 9.29. The number of carbonyl (C=O) groups is 1. The van der Waals surface area contributed by atoms with Crippen LogP contribution in [0.2, 0.25) is 5.02 Å². The molecule has 4 nitrogen and oxygen atoms in total. The topological polar surface area (TPSA) is 44.8 Å². The summed E-state index contributed by atoms with van der Waals surface area (Å²) in [7, 11) is -0.182. The molecule has 0 bridgehead atoms. The second kappa shape index (κ2) is 14.3. The third-order valence-corrected chi connectivity index (χ3v) is 5.99. The predicted octanol–water partition coefficient (Wildman–Crippen LogP) is 3.90. The SMILES string of the molecule is Cc1cccc(Cl)c1C(=O)Pc1c(OCC(C)C)cc(OCC(C)C)cc1OCC(C)C.[Li+]. The monoisotopic (exact) mass is 485 g/mol. The molecule has 0 aliphatic heterocycles. The first kappa shape index (κ1) is 29.9. The molecule has 1 atom stereocenters. The van der Waals surface area contributed by atoms with Gasteiger partial charge in [-0.15, -0.1) is 0 Å². The van der Waals surface area contributed by atoms with Gasteiger partial charge in [-0.3, -0.25) is 4.79 Å². The number of hydrogen-bond donors (Lipinski definition) is 0. The zero-order chi connectivity index (χ0) is 23.8. The van der Waals surface area contributed by atoms with Crippen LogP contribution in [0.1, 0.15) is 57.5 Å². The molecule has 0 fully saturated rings. The van der Waals surface area contributed by atoms with Crippen LogP contribution in [0.25, 0.3) is 0 Å². The van der Waals surface area contributed by atoms with Crippen LogP contribution in [-0.2, 0) is 0 Å². The summed E-state index contributed by atoms with van der Waals surface area (Å²) in [5, 5.41) is 1.22. The number of rotatable bonds is 12. The zero-order valence-electron chi connectivity index (χ0n) is 21.3. The Labute approximate surface area is 218 Å². The quantitative estimate of drug-likeness (QED) is 0.338. The summed E-state index contributed by atoms with van der Waals surface area (Å²) in [5.74, 6) is 3.03. The normalized spacial score (nSPS) is 11.4. The molecule has 0 aliphatic rings. The molecule has 0 aliphatic carbocycles. The number of benzene rings is 2. The van der Waals surface area contributed by atoms with Gasteiger partial charge in [0.1, 0.15) is 17.2 Å². The van der Waals surface area contributed by atoms with Crippen LogP contribution in [0.4, 0.5) is 0 Å². The van der Waals surface area contributed by atoms with Crippen molar-refractivity contribution in [2.45, 2.75) is 48.5 Å². The smallest absolute Gasteiger partial charge is 0.493 e. The van der Waals surface area contributed by atoms with E-state index in [9.17, 15) is 4.79 Å². The van der Waals surface area contributed by atoms with Crippen LogP contribution in [0.5, 0.6) is 17.2 Å². The molecule has 7 heteroatoms. The molecule has 2 rings (SSSR count). The van der Waals surface area contributed by atoms with E-state index in [0.29, 0.717) is 65.4 Å². The van der Waals surface area contributed by atoms with Crippen molar-refractivity contribution in [3.05, 3.63) is 46.5 Å². The number of halogens is 1. The molecule has 0 heterocycles. The predicted molar refractivity (Wildman–Crippen MR) is 136 cm³/mol. The Balaban J connectivity index is 0.00000544. The summed E-state index contributed by atoms with van der Waals surface area (Å²) in [6, 6.07) is 9.26. The molecule has 2 aromatic carbocycles. The molecule has 0 saturated heterocycles. The molecule has 0 radical (unpaired) electrons. The van der Waals surface area contributed by atoms with E-state index in [1.807, 2.05) is 31.2 Å². The van der Waals surface area contributed by atoms with Crippen LogP contribution in [-0.4, -0.2) is 25.3 Å². The van der Waals surface area contributed by atoms with E-state index < -0.39 is 0 Å². The van der Waals surface area contributed by atoms with Crippen LogP contribution in [0, 0.1) is 24.7 Å². The molecular weight excluding hydrogens is 450 g/mol. The van der Waals surface area contributed by atoms with Crippen molar-refractivity contribution >= 4 is 31.0 Å². The van der Waals surface area contributed by atoms with E-state index in [1.54, 1.807) is 6.07 Å². The van der Waals surface area contributed by atoms with E-state index in [4.69, 9.17) is 25.8 Å². The van der Waals surface area contributed by atoms with Gasteiger partial charge in [0.25, 0.3) is 0 Å². The Hall–Kier alpha value is -1.17. The number of aryl methyl sites for hydroxylation is 1. The first-order valence-corrected chi connectivity index (χ1v) is 12.6. The van der Waals surface area contributed by atoms with Crippen LogP contribution in [0.3, 0.4) is 0 Å². The average Bonchev–Trinajstić information content (AvgIpc) is 2.70. The Morgan fingerprint density at radius 3 is 1.82 bits per heavy atom. The van der Waals surface area contributed by atoms with E-state index in [0.717, 1.165) is 10.9 Å². The fourth-order valence-corrected chi connectivity index (χ4v) is 4.48. The molecule has 2 aromatic rings. The molecule has 1 unspecified atom stereocenters. The third-order valence-electron chi connectivity index (χ3n) is 4.45. The summed E-state index contributed by atoms with van der Waals surface area (Å²) in [6.07, 6.45) is 0. The van der Waals surface area contributed by atoms with Crippen molar-refractivity contribution in [1.29, 1.82) is 0 Å². The minimum Gasteiger partial charge on any atom is -0.493 e. The number of ether oxygens (including phenoxy) is 3. The fraction of sp³-hybridized carbons (Fsp3) is 0.500. The largest absolute Gasteiger partial charge is 1.00 e. The van der Waals surface area contributed by atoms with E-state index >= 15 is 0 Å². The van der Waals surface area contributed by atoms with Gasteiger partial charge in [-0.1, -0.05) is 65.3 Å². The maximum Gasteiger partial charge on any atom is 1.00 e. The van der Waals surface area contributed by atoms with E-state index in [1.165, 1.54) is 0 Å². The van der Waals surface area contributed by atoms with Crippen molar-refractivity contribution < 1.29 is 37.9 Å². The van der Waals surface area contributed by atoms with Gasteiger partial charge in [-0.25, -0.2) is 0 Å². The Bertz CT molecular complexity index is 862. The van der Waals surface area contributed by atoms with Gasteiger partial charge in [0.2, 0.25) is 0 Å². The maximum atomic E-state index is 13.3. The summed E-state index contributed by atoms with van der Waals surface area (Å²) < 4.78 is 18.3. The number of hydrogen-bond acceptors (Lipinski definition) is 4. The minimum absolute atomic E-state index is 0. The van der Waals surface area contributed by atoms with Gasteiger partial charge < -0.3 is 14.2 Å². The van der Waals surface area contributed by atoms with Gasteiger partial charge in [0.05, 0.1) is 30.1 Å².